The first kappa shape index (κ1) is 21.3. The molecule has 0 aliphatic heterocycles. The van der Waals surface area contributed by atoms with Gasteiger partial charge in [-0.25, -0.2) is 4.79 Å². The minimum absolute atomic E-state index is 0.278. The second kappa shape index (κ2) is 9.89. The molecule has 0 radical (unpaired) electrons. The number of nitrogens with one attached hydrogen (secondary N) is 1. The summed E-state index contributed by atoms with van der Waals surface area (Å²) in [6.45, 7) is -0.973. The number of fused-ring (bicyclic) bond motifs is 1. The van der Waals surface area contributed by atoms with Crippen molar-refractivity contribution in [3.05, 3.63) is 70.7 Å². The maximum Gasteiger partial charge on any atom is 0.344 e. The Hall–Kier alpha value is -3.39. The first-order chi connectivity index (χ1) is 14.5. The van der Waals surface area contributed by atoms with Gasteiger partial charge < -0.3 is 14.2 Å². The van der Waals surface area contributed by atoms with Crippen molar-refractivity contribution in [3.8, 4) is 11.5 Å². The molecular weight excluding hydrogens is 454 g/mol. The molecule has 7 nitrogen and oxygen atoms in total. The van der Waals surface area contributed by atoms with E-state index in [1.807, 2.05) is 30.3 Å². The second-order valence-electron chi connectivity index (χ2n) is 6.15. The fraction of sp³-hybridized carbons (Fsp3) is 0.136. The highest BCUT2D eigenvalue weighted by atomic mass is 79.9. The van der Waals surface area contributed by atoms with Gasteiger partial charge >= 0.3 is 5.97 Å². The predicted octanol–water partition coefficient (Wildman–Crippen LogP) is 3.49. The van der Waals surface area contributed by atoms with E-state index in [9.17, 15) is 14.4 Å². The second-order valence-corrected chi connectivity index (χ2v) is 6.95. The van der Waals surface area contributed by atoms with Crippen LogP contribution in [0.1, 0.15) is 10.4 Å². The zero-order valence-corrected chi connectivity index (χ0v) is 17.6. The molecule has 3 rings (SSSR count). The number of carbonyl (C=O) groups is 3. The van der Waals surface area contributed by atoms with Gasteiger partial charge in [0.05, 0.1) is 11.6 Å². The van der Waals surface area contributed by atoms with Crippen molar-refractivity contribution in [1.29, 1.82) is 0 Å². The van der Waals surface area contributed by atoms with Crippen molar-refractivity contribution in [1.82, 2.24) is 5.32 Å². The Kier molecular flexibility index (Phi) is 7.03. The topological polar surface area (TPSA) is 90.9 Å². The van der Waals surface area contributed by atoms with Crippen LogP contribution in [0.4, 0.5) is 0 Å². The third kappa shape index (κ3) is 5.36. The van der Waals surface area contributed by atoms with E-state index in [4.69, 9.17) is 14.2 Å². The molecular formula is C22H18BrNO6. The first-order valence-corrected chi connectivity index (χ1v) is 9.71. The summed E-state index contributed by atoms with van der Waals surface area (Å²) in [5.74, 6) is -1.01. The third-order valence-electron chi connectivity index (χ3n) is 4.14. The van der Waals surface area contributed by atoms with Crippen molar-refractivity contribution in [2.75, 3.05) is 20.3 Å². The molecule has 0 bridgehead atoms. The Morgan fingerprint density at radius 1 is 0.933 bits per heavy atom. The number of hydrogen-bond donors (Lipinski definition) is 1. The van der Waals surface area contributed by atoms with Crippen LogP contribution in [0.5, 0.6) is 11.5 Å². The fourth-order valence-electron chi connectivity index (χ4n) is 2.63. The number of halogens is 1. The van der Waals surface area contributed by atoms with Crippen LogP contribution in [0, 0.1) is 0 Å². The van der Waals surface area contributed by atoms with Crippen LogP contribution < -0.4 is 14.8 Å². The molecule has 0 fully saturated rings. The molecule has 154 valence electrons. The van der Waals surface area contributed by atoms with E-state index in [2.05, 4.69) is 21.2 Å². The third-order valence-corrected chi connectivity index (χ3v) is 4.96. The summed E-state index contributed by atoms with van der Waals surface area (Å²) < 4.78 is 16.1. The van der Waals surface area contributed by atoms with Gasteiger partial charge in [0, 0.05) is 5.56 Å². The lowest BCUT2D eigenvalue weighted by atomic mass is 10.1. The van der Waals surface area contributed by atoms with Gasteiger partial charge in [-0.2, -0.15) is 0 Å². The minimum atomic E-state index is -0.740. The summed E-state index contributed by atoms with van der Waals surface area (Å²) in [6.07, 6.45) is 0. The first-order valence-electron chi connectivity index (χ1n) is 8.92. The molecule has 0 spiro atoms. The number of benzene rings is 3. The lowest BCUT2D eigenvalue weighted by Crippen LogP contribution is -2.34. The minimum Gasteiger partial charge on any atom is -0.497 e. The standard InChI is InChI=1S/C22H18BrNO6/c1-28-16-9-6-15(7-10-16)22(27)24-19(25)12-30-20(26)13-29-18-11-8-14-4-2-3-5-17(14)21(18)23/h2-11H,12-13H2,1H3,(H,24,25,27). The number of esters is 1. The summed E-state index contributed by atoms with van der Waals surface area (Å²) in [4.78, 5) is 35.7. The van der Waals surface area contributed by atoms with Crippen molar-refractivity contribution in [2.24, 2.45) is 0 Å². The Labute approximate surface area is 181 Å². The Balaban J connectivity index is 1.46. The smallest absolute Gasteiger partial charge is 0.344 e. The highest BCUT2D eigenvalue weighted by molar-refractivity contribution is 9.10. The van der Waals surface area contributed by atoms with E-state index < -0.39 is 24.4 Å². The Morgan fingerprint density at radius 2 is 1.67 bits per heavy atom. The average Bonchev–Trinajstić information content (AvgIpc) is 2.77. The molecule has 0 aliphatic carbocycles. The van der Waals surface area contributed by atoms with E-state index in [0.29, 0.717) is 11.5 Å². The van der Waals surface area contributed by atoms with Crippen LogP contribution in [0.25, 0.3) is 10.8 Å². The Bertz CT molecular complexity index is 1080. The maximum absolute atomic E-state index is 12.0. The summed E-state index contributed by atoms with van der Waals surface area (Å²) in [6, 6.07) is 17.6. The van der Waals surface area contributed by atoms with Gasteiger partial charge in [0.2, 0.25) is 0 Å². The molecule has 0 saturated heterocycles. The lowest BCUT2D eigenvalue weighted by Gasteiger charge is -2.10. The predicted molar refractivity (Wildman–Crippen MR) is 114 cm³/mol. The van der Waals surface area contributed by atoms with Gasteiger partial charge in [-0.1, -0.05) is 30.3 Å². The molecule has 0 atom stereocenters. The number of imide groups is 1. The number of amides is 2. The van der Waals surface area contributed by atoms with E-state index in [1.54, 1.807) is 18.2 Å². The van der Waals surface area contributed by atoms with Gasteiger partial charge in [0.15, 0.2) is 13.2 Å². The molecule has 8 heteroatoms. The molecule has 0 aromatic heterocycles. The largest absolute Gasteiger partial charge is 0.497 e. The molecule has 0 heterocycles. The zero-order valence-electron chi connectivity index (χ0n) is 16.0. The molecule has 1 N–H and O–H groups in total. The molecule has 0 unspecified atom stereocenters. The van der Waals surface area contributed by atoms with Crippen molar-refractivity contribution in [3.63, 3.8) is 0 Å². The monoisotopic (exact) mass is 471 g/mol. The van der Waals surface area contributed by atoms with E-state index in [0.717, 1.165) is 15.2 Å². The average molecular weight is 472 g/mol. The highest BCUT2D eigenvalue weighted by Crippen LogP contribution is 2.32. The molecule has 0 saturated carbocycles. The van der Waals surface area contributed by atoms with E-state index >= 15 is 0 Å². The van der Waals surface area contributed by atoms with E-state index in [-0.39, 0.29) is 12.2 Å². The van der Waals surface area contributed by atoms with Gasteiger partial charge in [0.1, 0.15) is 11.5 Å². The van der Waals surface area contributed by atoms with Gasteiger partial charge in [-0.3, -0.25) is 14.9 Å². The Morgan fingerprint density at radius 3 is 2.40 bits per heavy atom. The van der Waals surface area contributed by atoms with Gasteiger partial charge in [0.25, 0.3) is 11.8 Å². The number of carbonyl (C=O) groups excluding carboxylic acids is 3. The number of rotatable bonds is 7. The summed E-state index contributed by atoms with van der Waals surface area (Å²) in [5, 5.41) is 4.12. The van der Waals surface area contributed by atoms with Crippen molar-refractivity contribution >= 4 is 44.5 Å². The summed E-state index contributed by atoms with van der Waals surface area (Å²) in [5.41, 5.74) is 0.278. The van der Waals surface area contributed by atoms with Crippen LogP contribution in [0.3, 0.4) is 0 Å². The zero-order chi connectivity index (χ0) is 21.5. The van der Waals surface area contributed by atoms with Crippen LogP contribution in [0.2, 0.25) is 0 Å². The molecule has 0 aliphatic rings. The number of ether oxygens (including phenoxy) is 3. The van der Waals surface area contributed by atoms with Gasteiger partial charge in [-0.05, 0) is 57.0 Å². The number of hydrogen-bond acceptors (Lipinski definition) is 6. The van der Waals surface area contributed by atoms with Crippen molar-refractivity contribution < 1.29 is 28.6 Å². The number of methoxy groups -OCH3 is 1. The lowest BCUT2D eigenvalue weighted by molar-refractivity contribution is -0.150. The molecule has 3 aromatic carbocycles. The van der Waals surface area contributed by atoms with Gasteiger partial charge in [-0.15, -0.1) is 0 Å². The van der Waals surface area contributed by atoms with Crippen LogP contribution in [-0.4, -0.2) is 38.1 Å². The van der Waals surface area contributed by atoms with Crippen molar-refractivity contribution in [2.45, 2.75) is 0 Å². The summed E-state index contributed by atoms with van der Waals surface area (Å²) >= 11 is 3.47. The van der Waals surface area contributed by atoms with Crippen LogP contribution in [-0.2, 0) is 14.3 Å². The van der Waals surface area contributed by atoms with Crippen LogP contribution >= 0.6 is 15.9 Å². The maximum atomic E-state index is 12.0. The quantitative estimate of drug-likeness (QED) is 0.530. The molecule has 3 aromatic rings. The van der Waals surface area contributed by atoms with Crippen LogP contribution in [0.15, 0.2) is 65.1 Å². The summed E-state index contributed by atoms with van der Waals surface area (Å²) in [7, 11) is 1.51. The normalized spacial score (nSPS) is 10.3. The molecule has 30 heavy (non-hydrogen) atoms. The van der Waals surface area contributed by atoms with E-state index in [1.165, 1.54) is 19.2 Å². The fourth-order valence-corrected chi connectivity index (χ4v) is 3.23. The SMILES string of the molecule is COc1ccc(C(=O)NC(=O)COC(=O)COc2ccc3ccccc3c2Br)cc1. The molecule has 2 amide bonds. The highest BCUT2D eigenvalue weighted by Gasteiger charge is 2.14.